The Hall–Kier alpha value is -3.83. The monoisotopic (exact) mass is 510 g/mol. The number of carbonyl (C=O) groups excluding carboxylic acids is 2. The van der Waals surface area contributed by atoms with Gasteiger partial charge in [0, 0.05) is 30.8 Å². The zero-order chi connectivity index (χ0) is 26.1. The molecule has 0 aliphatic carbocycles. The molecule has 4 heterocycles. The summed E-state index contributed by atoms with van der Waals surface area (Å²) in [5.41, 5.74) is 8.96. The zero-order valence-electron chi connectivity index (χ0n) is 20.3. The largest absolute Gasteiger partial charge is 0.420 e. The third-order valence-electron chi connectivity index (χ3n) is 6.75. The van der Waals surface area contributed by atoms with E-state index in [0.717, 1.165) is 28.5 Å². The first-order valence-corrected chi connectivity index (χ1v) is 12.1. The molecule has 0 radical (unpaired) electrons. The number of anilines is 1. The second-order valence-electron chi connectivity index (χ2n) is 9.24. The van der Waals surface area contributed by atoms with Crippen molar-refractivity contribution in [2.75, 3.05) is 18.9 Å². The maximum absolute atomic E-state index is 15.2. The summed E-state index contributed by atoms with van der Waals surface area (Å²) in [5.74, 6) is -2.14. The van der Waals surface area contributed by atoms with E-state index in [2.05, 4.69) is 10.3 Å². The molecule has 2 aliphatic rings. The molecule has 0 bridgehead atoms. The lowest BCUT2D eigenvalue weighted by Crippen LogP contribution is -2.43. The summed E-state index contributed by atoms with van der Waals surface area (Å²) in [6.45, 7) is 3.61. The van der Waals surface area contributed by atoms with E-state index in [9.17, 15) is 14.4 Å². The van der Waals surface area contributed by atoms with Gasteiger partial charge in [0.1, 0.15) is 17.7 Å². The molecule has 3 N–H and O–H groups in total. The Bertz CT molecular complexity index is 1390. The molecule has 2 amide bonds. The second-order valence-corrected chi connectivity index (χ2v) is 9.24. The summed E-state index contributed by atoms with van der Waals surface area (Å²) >= 11 is 0. The number of benzene rings is 1. The Morgan fingerprint density at radius 2 is 1.97 bits per heavy atom. The van der Waals surface area contributed by atoms with Gasteiger partial charge in [0.2, 0.25) is 11.8 Å². The van der Waals surface area contributed by atoms with E-state index in [1.165, 1.54) is 18.3 Å². The lowest BCUT2D eigenvalue weighted by Gasteiger charge is -2.23. The summed E-state index contributed by atoms with van der Waals surface area (Å²) in [7, 11) is 0. The SMILES string of the molecule is Cc1cc(-c2ccc(-c3cn([C@H]4CCC(=O)NC4=O)c(=O)o3)c(F)c2)nc(N)c1COC1CCOCC1. The van der Waals surface area contributed by atoms with E-state index < -0.39 is 29.4 Å². The first-order chi connectivity index (χ1) is 17.8. The number of carbonyl (C=O) groups is 2. The van der Waals surface area contributed by atoms with Gasteiger partial charge >= 0.3 is 5.76 Å². The molecule has 194 valence electrons. The van der Waals surface area contributed by atoms with Crippen LogP contribution in [0.4, 0.5) is 10.2 Å². The highest BCUT2D eigenvalue weighted by atomic mass is 19.1. The Morgan fingerprint density at radius 1 is 1.19 bits per heavy atom. The topological polar surface area (TPSA) is 139 Å². The molecule has 3 aromatic rings. The summed E-state index contributed by atoms with van der Waals surface area (Å²) in [6.07, 6.45) is 3.35. The predicted octanol–water partition coefficient (Wildman–Crippen LogP) is 2.87. The third kappa shape index (κ3) is 5.18. The fraction of sp³-hybridized carbons (Fsp3) is 0.385. The average molecular weight is 511 g/mol. The van der Waals surface area contributed by atoms with Crippen LogP contribution in [0.1, 0.15) is 42.9 Å². The molecule has 1 aromatic carbocycles. The van der Waals surface area contributed by atoms with Crippen molar-refractivity contribution in [3.05, 3.63) is 58.0 Å². The highest BCUT2D eigenvalue weighted by Gasteiger charge is 2.30. The standard InChI is InChI=1S/C26H27FN4O6/c1-14-10-20(29-24(28)18(14)13-36-16-6-8-35-9-7-16)15-2-3-17(19(27)11-15)22-12-31(26(34)37-22)21-4-5-23(32)30-25(21)33/h2-3,10-12,16,21H,4-9,13H2,1H3,(H2,28,29)(H,30,32,33)/t21-/m0/s1. The van der Waals surface area contributed by atoms with Crippen molar-refractivity contribution in [3.63, 3.8) is 0 Å². The number of nitrogens with two attached hydrogens (primary N) is 1. The minimum Gasteiger partial charge on any atom is -0.408 e. The first kappa shape index (κ1) is 24.8. The number of hydrogen-bond acceptors (Lipinski definition) is 8. The maximum atomic E-state index is 15.2. The quantitative estimate of drug-likeness (QED) is 0.483. The van der Waals surface area contributed by atoms with Gasteiger partial charge in [-0.3, -0.25) is 19.5 Å². The van der Waals surface area contributed by atoms with Crippen LogP contribution in [-0.2, 0) is 25.7 Å². The Balaban J connectivity index is 1.36. The molecule has 37 heavy (non-hydrogen) atoms. The van der Waals surface area contributed by atoms with Crippen molar-refractivity contribution in [1.82, 2.24) is 14.9 Å². The molecule has 1 atom stereocenters. The van der Waals surface area contributed by atoms with Gasteiger partial charge in [-0.2, -0.15) is 0 Å². The van der Waals surface area contributed by atoms with Crippen LogP contribution in [0.3, 0.4) is 0 Å². The third-order valence-corrected chi connectivity index (χ3v) is 6.75. The number of rotatable bonds is 6. The van der Waals surface area contributed by atoms with Gasteiger partial charge in [0.25, 0.3) is 0 Å². The number of oxazole rings is 1. The Morgan fingerprint density at radius 3 is 2.68 bits per heavy atom. The van der Waals surface area contributed by atoms with Crippen LogP contribution < -0.4 is 16.8 Å². The molecule has 0 saturated carbocycles. The molecule has 2 saturated heterocycles. The van der Waals surface area contributed by atoms with Crippen LogP contribution in [0.25, 0.3) is 22.6 Å². The van der Waals surface area contributed by atoms with Crippen molar-refractivity contribution in [2.24, 2.45) is 0 Å². The van der Waals surface area contributed by atoms with Gasteiger partial charge in [0.15, 0.2) is 5.76 Å². The van der Waals surface area contributed by atoms with Crippen LogP contribution in [0, 0.1) is 12.7 Å². The van der Waals surface area contributed by atoms with Gasteiger partial charge in [-0.05, 0) is 49.9 Å². The van der Waals surface area contributed by atoms with Crippen molar-refractivity contribution in [3.8, 4) is 22.6 Å². The molecule has 0 spiro atoms. The number of piperidine rings is 1. The van der Waals surface area contributed by atoms with E-state index in [-0.39, 0.29) is 30.3 Å². The first-order valence-electron chi connectivity index (χ1n) is 12.1. The van der Waals surface area contributed by atoms with Crippen LogP contribution in [0.5, 0.6) is 0 Å². The van der Waals surface area contributed by atoms with Crippen molar-refractivity contribution >= 4 is 17.6 Å². The Kier molecular flexibility index (Phi) is 6.90. The van der Waals surface area contributed by atoms with Gasteiger partial charge in [-0.25, -0.2) is 14.2 Å². The summed E-state index contributed by atoms with van der Waals surface area (Å²) < 4.78 is 32.8. The number of nitrogen functional groups attached to an aromatic ring is 1. The Labute approximate surface area is 211 Å². The number of halogens is 1. The van der Waals surface area contributed by atoms with E-state index >= 15 is 4.39 Å². The van der Waals surface area contributed by atoms with Crippen molar-refractivity contribution in [1.29, 1.82) is 0 Å². The van der Waals surface area contributed by atoms with Crippen LogP contribution in [0.2, 0.25) is 0 Å². The zero-order valence-corrected chi connectivity index (χ0v) is 20.3. The van der Waals surface area contributed by atoms with Gasteiger partial charge in [0.05, 0.1) is 30.2 Å². The molecule has 0 unspecified atom stereocenters. The highest BCUT2D eigenvalue weighted by Crippen LogP contribution is 2.30. The maximum Gasteiger partial charge on any atom is 0.420 e. The molecule has 2 aliphatic heterocycles. The van der Waals surface area contributed by atoms with Crippen molar-refractivity contribution < 1.29 is 27.9 Å². The second kappa shape index (κ2) is 10.3. The fourth-order valence-electron chi connectivity index (χ4n) is 4.62. The minimum absolute atomic E-state index is 0.0250. The minimum atomic E-state index is -0.894. The van der Waals surface area contributed by atoms with Gasteiger partial charge in [-0.15, -0.1) is 0 Å². The number of ether oxygens (including phenoxy) is 2. The number of hydrogen-bond donors (Lipinski definition) is 2. The number of nitrogens with one attached hydrogen (secondary N) is 1. The molecule has 10 nitrogen and oxygen atoms in total. The smallest absolute Gasteiger partial charge is 0.408 e. The van der Waals surface area contributed by atoms with Crippen molar-refractivity contribution in [2.45, 2.75) is 51.4 Å². The molecule has 5 rings (SSSR count). The molecule has 2 fully saturated rings. The number of aromatic nitrogens is 2. The van der Waals surface area contributed by atoms with Crippen LogP contribution >= 0.6 is 0 Å². The van der Waals surface area contributed by atoms with E-state index in [1.54, 1.807) is 6.07 Å². The van der Waals surface area contributed by atoms with Crippen LogP contribution in [0.15, 0.2) is 39.7 Å². The lowest BCUT2D eigenvalue weighted by molar-refractivity contribution is -0.135. The lowest BCUT2D eigenvalue weighted by atomic mass is 10.0. The summed E-state index contributed by atoms with van der Waals surface area (Å²) in [5, 5.41) is 2.20. The fourth-order valence-corrected chi connectivity index (χ4v) is 4.62. The van der Waals surface area contributed by atoms with Gasteiger partial charge in [-0.1, -0.05) is 6.07 Å². The predicted molar refractivity (Wildman–Crippen MR) is 131 cm³/mol. The average Bonchev–Trinajstić information content (AvgIpc) is 3.24. The molecular weight excluding hydrogens is 483 g/mol. The number of amides is 2. The number of imide groups is 1. The number of nitrogens with zero attached hydrogens (tertiary/aromatic N) is 2. The van der Waals surface area contributed by atoms with E-state index in [1.807, 2.05) is 13.0 Å². The number of aryl methyl sites for hydroxylation is 1. The molecule has 11 heteroatoms. The van der Waals surface area contributed by atoms with E-state index in [4.69, 9.17) is 19.6 Å². The van der Waals surface area contributed by atoms with Crippen LogP contribution in [-0.4, -0.2) is 40.7 Å². The summed E-state index contributed by atoms with van der Waals surface area (Å²) in [6, 6.07) is 5.36. The van der Waals surface area contributed by atoms with E-state index in [0.29, 0.717) is 36.9 Å². The highest BCUT2D eigenvalue weighted by molar-refractivity contribution is 5.99. The molecule has 2 aromatic heterocycles. The summed E-state index contributed by atoms with van der Waals surface area (Å²) in [4.78, 5) is 40.4. The number of pyridine rings is 1. The molecular formula is C26H27FN4O6. The normalized spacial score (nSPS) is 18.7. The van der Waals surface area contributed by atoms with Gasteiger partial charge < -0.3 is 19.6 Å².